The fourth-order valence-corrected chi connectivity index (χ4v) is 2.50. The summed E-state index contributed by atoms with van der Waals surface area (Å²) in [7, 11) is 0. The first-order valence-corrected chi connectivity index (χ1v) is 7.24. The summed E-state index contributed by atoms with van der Waals surface area (Å²) in [5.41, 5.74) is 0.336. The van der Waals surface area contributed by atoms with Gasteiger partial charge in [0.05, 0.1) is 6.54 Å². The number of piperidine rings is 1. The molecule has 1 N–H and O–H groups in total. The summed E-state index contributed by atoms with van der Waals surface area (Å²) in [5, 5.41) is 11.6. The largest absolute Gasteiger partial charge is 0.407 e. The van der Waals surface area contributed by atoms with Gasteiger partial charge in [-0.05, 0) is 30.7 Å². The summed E-state index contributed by atoms with van der Waals surface area (Å²) in [6.45, 7) is 12.6. The molecule has 2 heterocycles. The number of aromatic nitrogens is 2. The molecule has 1 saturated heterocycles. The average molecular weight is 266 g/mol. The maximum Gasteiger partial charge on any atom is 0.318 e. The van der Waals surface area contributed by atoms with Crippen LogP contribution >= 0.6 is 0 Å². The van der Waals surface area contributed by atoms with Gasteiger partial charge < -0.3 is 14.6 Å². The van der Waals surface area contributed by atoms with Crippen molar-refractivity contribution < 1.29 is 4.42 Å². The van der Waals surface area contributed by atoms with E-state index in [0.29, 0.717) is 29.8 Å². The lowest BCUT2D eigenvalue weighted by molar-refractivity contribution is 0.282. The van der Waals surface area contributed by atoms with Gasteiger partial charge in [0.15, 0.2) is 0 Å². The van der Waals surface area contributed by atoms with Crippen molar-refractivity contribution in [3.05, 3.63) is 5.89 Å². The van der Waals surface area contributed by atoms with Gasteiger partial charge in [-0.1, -0.05) is 32.8 Å². The second-order valence-electron chi connectivity index (χ2n) is 6.69. The topological polar surface area (TPSA) is 54.2 Å². The van der Waals surface area contributed by atoms with Crippen molar-refractivity contribution >= 4 is 6.01 Å². The lowest BCUT2D eigenvalue weighted by atomic mass is 9.84. The summed E-state index contributed by atoms with van der Waals surface area (Å²) in [4.78, 5) is 2.21. The van der Waals surface area contributed by atoms with Crippen LogP contribution in [0.15, 0.2) is 4.42 Å². The van der Waals surface area contributed by atoms with Crippen LogP contribution in [0.3, 0.4) is 0 Å². The van der Waals surface area contributed by atoms with E-state index in [-0.39, 0.29) is 0 Å². The summed E-state index contributed by atoms with van der Waals surface area (Å²) in [6, 6.07) is 0.675. The molecule has 0 amide bonds. The molecule has 1 aromatic rings. The van der Waals surface area contributed by atoms with Gasteiger partial charge in [0.1, 0.15) is 0 Å². The van der Waals surface area contributed by atoms with E-state index in [4.69, 9.17) is 4.42 Å². The third kappa shape index (κ3) is 4.20. The molecule has 108 valence electrons. The van der Waals surface area contributed by atoms with Crippen molar-refractivity contribution in [2.24, 2.45) is 11.3 Å². The highest BCUT2D eigenvalue weighted by Crippen LogP contribution is 2.30. The molecule has 5 nitrogen and oxygen atoms in total. The van der Waals surface area contributed by atoms with Crippen molar-refractivity contribution in [3.8, 4) is 0 Å². The minimum Gasteiger partial charge on any atom is -0.407 e. The van der Waals surface area contributed by atoms with Gasteiger partial charge in [0.25, 0.3) is 0 Å². The number of rotatable bonds is 5. The van der Waals surface area contributed by atoms with Crippen LogP contribution in [0.25, 0.3) is 0 Å². The van der Waals surface area contributed by atoms with Gasteiger partial charge in [-0.15, -0.1) is 5.10 Å². The zero-order valence-corrected chi connectivity index (χ0v) is 12.6. The first-order chi connectivity index (χ1) is 8.96. The monoisotopic (exact) mass is 266 g/mol. The lowest BCUT2D eigenvalue weighted by Gasteiger charge is -2.36. The van der Waals surface area contributed by atoms with E-state index in [1.807, 2.05) is 0 Å². The minimum atomic E-state index is 0.336. The Labute approximate surface area is 115 Å². The molecular weight excluding hydrogens is 240 g/mol. The van der Waals surface area contributed by atoms with Crippen LogP contribution in [0.5, 0.6) is 0 Å². The van der Waals surface area contributed by atoms with Gasteiger partial charge in [0.2, 0.25) is 5.89 Å². The molecule has 2 rings (SSSR count). The Hall–Kier alpha value is -1.10. The van der Waals surface area contributed by atoms with Gasteiger partial charge in [-0.2, -0.15) is 0 Å². The van der Waals surface area contributed by atoms with Crippen LogP contribution in [-0.2, 0) is 6.54 Å². The molecule has 1 aliphatic rings. The van der Waals surface area contributed by atoms with E-state index in [2.05, 4.69) is 48.1 Å². The molecule has 1 aliphatic heterocycles. The predicted molar refractivity (Wildman–Crippen MR) is 76.1 cm³/mol. The number of nitrogens with one attached hydrogen (secondary N) is 1. The highest BCUT2D eigenvalue weighted by molar-refractivity contribution is 5.25. The Morgan fingerprint density at radius 2 is 2.16 bits per heavy atom. The second kappa shape index (κ2) is 5.90. The molecule has 0 bridgehead atoms. The van der Waals surface area contributed by atoms with Crippen molar-refractivity contribution in [2.75, 3.05) is 24.5 Å². The summed E-state index contributed by atoms with van der Waals surface area (Å²) >= 11 is 0. The van der Waals surface area contributed by atoms with Crippen molar-refractivity contribution in [1.82, 2.24) is 15.5 Å². The maximum absolute atomic E-state index is 5.74. The Bertz CT molecular complexity index is 400. The molecule has 0 atom stereocenters. The summed E-state index contributed by atoms with van der Waals surface area (Å²) < 4.78 is 5.74. The first-order valence-electron chi connectivity index (χ1n) is 7.24. The van der Waals surface area contributed by atoms with Gasteiger partial charge in [-0.3, -0.25) is 0 Å². The molecule has 0 saturated carbocycles. The average Bonchev–Trinajstić information content (AvgIpc) is 2.76. The molecule has 1 aromatic heterocycles. The van der Waals surface area contributed by atoms with Crippen LogP contribution in [0.2, 0.25) is 0 Å². The molecule has 5 heteroatoms. The highest BCUT2D eigenvalue weighted by Gasteiger charge is 2.28. The van der Waals surface area contributed by atoms with E-state index in [1.54, 1.807) is 0 Å². The normalized spacial score (nSPS) is 19.1. The lowest BCUT2D eigenvalue weighted by Crippen LogP contribution is -2.40. The van der Waals surface area contributed by atoms with Crippen LogP contribution in [-0.4, -0.2) is 29.8 Å². The number of hydrogen-bond acceptors (Lipinski definition) is 5. The number of nitrogens with zero attached hydrogens (tertiary/aromatic N) is 3. The van der Waals surface area contributed by atoms with E-state index in [9.17, 15) is 0 Å². The van der Waals surface area contributed by atoms with Crippen LogP contribution in [0, 0.1) is 11.3 Å². The van der Waals surface area contributed by atoms with Crippen LogP contribution < -0.4 is 10.2 Å². The Morgan fingerprint density at radius 1 is 1.37 bits per heavy atom. The van der Waals surface area contributed by atoms with Gasteiger partial charge in [0, 0.05) is 13.1 Å². The van der Waals surface area contributed by atoms with E-state index < -0.39 is 0 Å². The van der Waals surface area contributed by atoms with E-state index >= 15 is 0 Å². The Morgan fingerprint density at radius 3 is 2.84 bits per heavy atom. The van der Waals surface area contributed by atoms with Crippen LogP contribution in [0.1, 0.15) is 46.4 Å². The van der Waals surface area contributed by atoms with E-state index in [0.717, 1.165) is 19.6 Å². The third-order valence-electron chi connectivity index (χ3n) is 3.46. The van der Waals surface area contributed by atoms with Crippen molar-refractivity contribution in [3.63, 3.8) is 0 Å². The molecule has 0 radical (unpaired) electrons. The first kappa shape index (κ1) is 14.3. The van der Waals surface area contributed by atoms with Crippen molar-refractivity contribution in [1.29, 1.82) is 0 Å². The predicted octanol–water partition coefficient (Wildman–Crippen LogP) is 2.44. The third-order valence-corrected chi connectivity index (χ3v) is 3.46. The SMILES string of the molecule is CC(C)CNCc1nnc(N2CCCC(C)(C)C2)o1. The smallest absolute Gasteiger partial charge is 0.318 e. The molecule has 0 aromatic carbocycles. The molecule has 0 unspecified atom stereocenters. The standard InChI is InChI=1S/C14H26N4O/c1-11(2)8-15-9-12-16-17-13(19-12)18-7-5-6-14(3,4)10-18/h11,15H,5-10H2,1-4H3. The Balaban J connectivity index is 1.89. The number of anilines is 1. The molecular formula is C14H26N4O. The highest BCUT2D eigenvalue weighted by atomic mass is 16.4. The zero-order valence-electron chi connectivity index (χ0n) is 12.6. The summed E-state index contributed by atoms with van der Waals surface area (Å²) in [6.07, 6.45) is 2.46. The molecule has 1 fully saturated rings. The van der Waals surface area contributed by atoms with Gasteiger partial charge in [-0.25, -0.2) is 0 Å². The fraction of sp³-hybridized carbons (Fsp3) is 0.857. The van der Waals surface area contributed by atoms with Crippen LogP contribution in [0.4, 0.5) is 6.01 Å². The quantitative estimate of drug-likeness (QED) is 0.887. The van der Waals surface area contributed by atoms with E-state index in [1.165, 1.54) is 12.8 Å². The fourth-order valence-electron chi connectivity index (χ4n) is 2.50. The molecule has 0 aliphatic carbocycles. The Kier molecular flexibility index (Phi) is 4.45. The zero-order chi connectivity index (χ0) is 13.9. The maximum atomic E-state index is 5.74. The summed E-state index contributed by atoms with van der Waals surface area (Å²) in [5.74, 6) is 1.31. The molecule has 19 heavy (non-hydrogen) atoms. The van der Waals surface area contributed by atoms with Gasteiger partial charge >= 0.3 is 6.01 Å². The molecule has 0 spiro atoms. The number of hydrogen-bond donors (Lipinski definition) is 1. The van der Waals surface area contributed by atoms with Crippen molar-refractivity contribution in [2.45, 2.75) is 47.1 Å². The second-order valence-corrected chi connectivity index (χ2v) is 6.69. The minimum absolute atomic E-state index is 0.336.